The van der Waals surface area contributed by atoms with Gasteiger partial charge in [-0.15, -0.1) is 0 Å². The summed E-state index contributed by atoms with van der Waals surface area (Å²) in [7, 11) is 13.6. The molecule has 34 heavy (non-hydrogen) atoms. The number of likely N-dealkylation sites (N-methyl/N-ethyl adjacent to an activating group) is 1. The van der Waals surface area contributed by atoms with Crippen molar-refractivity contribution < 1.29 is 27.6 Å². The maximum atomic E-state index is 13.1. The molecule has 2 unspecified atom stereocenters. The maximum Gasteiger partial charge on any atom is 0.417 e. The molecular weight excluding hydrogens is 468 g/mol. The lowest BCUT2D eigenvalue weighted by Crippen LogP contribution is -2.47. The molecule has 12 heteroatoms. The Bertz CT molecular complexity index is 837. The summed E-state index contributed by atoms with van der Waals surface area (Å²) in [5, 5.41) is -0.0235. The van der Waals surface area contributed by atoms with Crippen LogP contribution in [0.1, 0.15) is 75.6 Å². The van der Waals surface area contributed by atoms with Crippen LogP contribution in [0.4, 0.5) is 13.2 Å². The quantitative estimate of drug-likeness (QED) is 0.620. The van der Waals surface area contributed by atoms with E-state index in [4.69, 9.17) is 37.8 Å². The first-order valence-corrected chi connectivity index (χ1v) is 11.3. The molecule has 1 aromatic rings. The molecule has 2 atom stereocenters. The molecule has 0 saturated heterocycles. The number of carbonyl (C=O) groups excluding carboxylic acids is 3. The van der Waals surface area contributed by atoms with E-state index in [2.05, 4.69) is 5.32 Å². The fraction of sp³-hybridized carbons (Fsp3) is 0.591. The number of amides is 2. The first kappa shape index (κ1) is 32.0. The van der Waals surface area contributed by atoms with Crippen LogP contribution in [-0.2, 0) is 25.9 Å². The van der Waals surface area contributed by atoms with Crippen LogP contribution in [0.25, 0.3) is 0 Å². The zero-order chi connectivity index (χ0) is 26.9. The van der Waals surface area contributed by atoms with Gasteiger partial charge in [-0.2, -0.15) is 13.2 Å². The van der Waals surface area contributed by atoms with Crippen LogP contribution in [0.15, 0.2) is 12.1 Å². The smallest absolute Gasteiger partial charge is 0.358 e. The summed E-state index contributed by atoms with van der Waals surface area (Å²) >= 11 is 5.75. The van der Waals surface area contributed by atoms with Gasteiger partial charge in [0.05, 0.1) is 38.4 Å². The van der Waals surface area contributed by atoms with Gasteiger partial charge in [-0.3, -0.25) is 9.59 Å². The van der Waals surface area contributed by atoms with Crippen molar-refractivity contribution in [2.24, 2.45) is 5.73 Å². The summed E-state index contributed by atoms with van der Waals surface area (Å²) in [5.74, 6) is -0.971. The van der Waals surface area contributed by atoms with Gasteiger partial charge in [0.25, 0.3) is 0 Å². The molecule has 2 amide bonds. The lowest BCUT2D eigenvalue weighted by atomic mass is 9.58. The van der Waals surface area contributed by atoms with Crippen LogP contribution < -0.4 is 11.1 Å². The Morgan fingerprint density at radius 2 is 1.76 bits per heavy atom. The number of halogens is 4. The van der Waals surface area contributed by atoms with Gasteiger partial charge in [-0.1, -0.05) is 44.7 Å². The molecule has 0 bridgehead atoms. The number of alkyl halides is 3. The minimum Gasteiger partial charge on any atom is -0.358 e. The highest BCUT2D eigenvalue weighted by Gasteiger charge is 2.45. The van der Waals surface area contributed by atoms with Gasteiger partial charge in [0, 0.05) is 13.5 Å². The number of nitrogens with two attached hydrogens (primary N) is 1. The van der Waals surface area contributed by atoms with Crippen molar-refractivity contribution in [3.05, 3.63) is 33.8 Å². The average Bonchev–Trinajstić information content (AvgIpc) is 3.66. The molecular formula is C22H31B2ClF3N3O3. The molecule has 1 heterocycles. The van der Waals surface area contributed by atoms with E-state index in [1.807, 2.05) is 20.6 Å². The minimum absolute atomic E-state index is 0.0305. The van der Waals surface area contributed by atoms with Crippen molar-refractivity contribution in [2.75, 3.05) is 7.05 Å². The summed E-state index contributed by atoms with van der Waals surface area (Å²) < 4.78 is 39.4. The van der Waals surface area contributed by atoms with Crippen LogP contribution in [0, 0.1) is 0 Å². The number of nitrogens with one attached hydrogen (secondary N) is 1. The number of nitrogens with zero attached hydrogens (tertiary/aromatic N) is 1. The molecule has 4 radical (unpaired) electrons. The second-order valence-corrected chi connectivity index (χ2v) is 7.91. The van der Waals surface area contributed by atoms with Crippen molar-refractivity contribution >= 4 is 45.9 Å². The van der Waals surface area contributed by atoms with Gasteiger partial charge in [0.15, 0.2) is 0 Å². The van der Waals surface area contributed by atoms with Gasteiger partial charge >= 0.3 is 6.18 Å². The van der Waals surface area contributed by atoms with E-state index in [1.165, 1.54) is 33.2 Å². The lowest BCUT2D eigenvalue weighted by Gasteiger charge is -2.37. The molecule has 6 nitrogen and oxygen atoms in total. The highest BCUT2D eigenvalue weighted by Crippen LogP contribution is 2.47. The zero-order valence-corrected chi connectivity index (χ0v) is 20.7. The number of rotatable bonds is 4. The second kappa shape index (κ2) is 13.8. The molecule has 3 rings (SSSR count). The predicted octanol–water partition coefficient (Wildman–Crippen LogP) is 3.57. The van der Waals surface area contributed by atoms with E-state index in [0.717, 1.165) is 17.0 Å². The second-order valence-electron chi connectivity index (χ2n) is 7.50. The topological polar surface area (TPSA) is 92.5 Å². The van der Waals surface area contributed by atoms with Crippen molar-refractivity contribution in [2.45, 2.75) is 76.5 Å². The van der Waals surface area contributed by atoms with E-state index >= 15 is 0 Å². The molecule has 1 aromatic carbocycles. The number of hydrogen-bond acceptors (Lipinski definition) is 4. The van der Waals surface area contributed by atoms with Crippen LogP contribution in [0.5, 0.6) is 0 Å². The number of carbonyl (C=O) groups is 3. The van der Waals surface area contributed by atoms with Gasteiger partial charge in [-0.05, 0) is 41.9 Å². The first-order valence-electron chi connectivity index (χ1n) is 10.9. The standard InChI is InChI=1S/C16H17B2ClF3N3O2.C3H6.C2H6.CH2O/c1-7-8-5-10(16(20,21)22)11(19)6-9(8)15(17,18)25(7)13(26)4-3-12(23)14(27)24-2;1-2-3-1;2*1-2/h5-7,12H,3-4,23H2,1-2H3,(H,24,27);1-3H2;1-2H3;1H2. The molecule has 0 aromatic heterocycles. The SMILES string of the molecule is C1CC1.C=O.CC.[B]C1([B])c2cc(Cl)c(C(F)(F)F)cc2C(C)N1C(=O)CCC(N)C(=O)NC. The molecule has 1 fully saturated rings. The summed E-state index contributed by atoms with van der Waals surface area (Å²) in [6.07, 6.45) is -0.277. The van der Waals surface area contributed by atoms with Crippen LogP contribution >= 0.6 is 11.6 Å². The van der Waals surface area contributed by atoms with Gasteiger partial charge in [-0.25, -0.2) is 0 Å². The van der Waals surface area contributed by atoms with Gasteiger partial charge in [0.2, 0.25) is 11.8 Å². The fourth-order valence-corrected chi connectivity index (χ4v) is 3.50. The largest absolute Gasteiger partial charge is 0.417 e. The Morgan fingerprint density at radius 1 is 1.26 bits per heavy atom. The fourth-order valence-electron chi connectivity index (χ4n) is 3.23. The summed E-state index contributed by atoms with van der Waals surface area (Å²) in [6.45, 7) is 7.52. The van der Waals surface area contributed by atoms with E-state index in [1.54, 1.807) is 0 Å². The van der Waals surface area contributed by atoms with Crippen LogP contribution in [0.2, 0.25) is 5.02 Å². The molecule has 1 saturated carbocycles. The lowest BCUT2D eigenvalue weighted by molar-refractivity contribution is -0.137. The third kappa shape index (κ3) is 8.05. The zero-order valence-electron chi connectivity index (χ0n) is 20.0. The van der Waals surface area contributed by atoms with Crippen LogP contribution in [-0.4, -0.2) is 52.3 Å². The van der Waals surface area contributed by atoms with Crippen molar-refractivity contribution in [3.8, 4) is 0 Å². The predicted molar refractivity (Wildman–Crippen MR) is 128 cm³/mol. The Labute approximate surface area is 207 Å². The van der Waals surface area contributed by atoms with Crippen molar-refractivity contribution in [1.82, 2.24) is 10.2 Å². The number of fused-ring (bicyclic) bond motifs is 1. The van der Waals surface area contributed by atoms with E-state index in [9.17, 15) is 22.8 Å². The van der Waals surface area contributed by atoms with Crippen molar-refractivity contribution in [3.63, 3.8) is 0 Å². The van der Waals surface area contributed by atoms with Crippen molar-refractivity contribution in [1.29, 1.82) is 0 Å². The van der Waals surface area contributed by atoms with E-state index in [-0.39, 0.29) is 24.0 Å². The Hall–Kier alpha value is -2.00. The Kier molecular flexibility index (Phi) is 13.0. The van der Waals surface area contributed by atoms with E-state index in [0.29, 0.717) is 0 Å². The van der Waals surface area contributed by atoms with Crippen LogP contribution in [0.3, 0.4) is 0 Å². The molecule has 0 spiro atoms. The number of hydrogen-bond donors (Lipinski definition) is 2. The molecule has 3 N–H and O–H groups in total. The summed E-state index contributed by atoms with van der Waals surface area (Å²) in [4.78, 5) is 33.2. The highest BCUT2D eigenvalue weighted by atomic mass is 35.5. The third-order valence-electron chi connectivity index (χ3n) is 4.99. The molecule has 1 aliphatic carbocycles. The monoisotopic (exact) mass is 499 g/mol. The van der Waals surface area contributed by atoms with E-state index < -0.39 is 46.0 Å². The molecule has 186 valence electrons. The summed E-state index contributed by atoms with van der Waals surface area (Å²) in [5.41, 5.74) is 4.94. The van der Waals surface area contributed by atoms with Gasteiger partial charge in [0.1, 0.15) is 6.79 Å². The first-order chi connectivity index (χ1) is 15.8. The normalized spacial score (nSPS) is 17.9. The molecule has 2 aliphatic rings. The Balaban J connectivity index is 0.00000137. The third-order valence-corrected chi connectivity index (χ3v) is 5.30. The van der Waals surface area contributed by atoms with Gasteiger partial charge < -0.3 is 20.7 Å². The highest BCUT2D eigenvalue weighted by molar-refractivity contribution is 6.41. The average molecular weight is 500 g/mol. The minimum atomic E-state index is -4.66. The number of benzene rings is 1. The maximum absolute atomic E-state index is 13.1. The molecule has 1 aliphatic heterocycles. The summed E-state index contributed by atoms with van der Waals surface area (Å²) in [6, 6.07) is 0.188. The Morgan fingerprint density at radius 3 is 2.18 bits per heavy atom.